The second-order valence-electron chi connectivity index (χ2n) is 3.82. The number of amides is 1. The lowest BCUT2D eigenvalue weighted by atomic mass is 10.2. The number of aromatic nitrogens is 2. The lowest BCUT2D eigenvalue weighted by molar-refractivity contribution is 0.124. The maximum absolute atomic E-state index is 11.9. The number of carbonyl (C=O) groups is 1. The third-order valence-corrected chi connectivity index (χ3v) is 2.92. The predicted molar refractivity (Wildman–Crippen MR) is 76.5 cm³/mol. The van der Waals surface area contributed by atoms with E-state index in [0.717, 1.165) is 19.7 Å². The molecule has 0 saturated heterocycles. The number of aryl methyl sites for hydroxylation is 1. The van der Waals surface area contributed by atoms with Crippen molar-refractivity contribution in [2.75, 3.05) is 11.9 Å². The van der Waals surface area contributed by atoms with Crippen molar-refractivity contribution < 1.29 is 9.63 Å². The van der Waals surface area contributed by atoms with Crippen LogP contribution in [-0.2, 0) is 0 Å². The van der Waals surface area contributed by atoms with Crippen LogP contribution >= 0.6 is 22.6 Å². The lowest BCUT2D eigenvalue weighted by Gasteiger charge is -2.16. The molecule has 0 fully saturated rings. The zero-order chi connectivity index (χ0) is 13.1. The van der Waals surface area contributed by atoms with Gasteiger partial charge >= 0.3 is 6.09 Å². The van der Waals surface area contributed by atoms with Crippen LogP contribution in [0.1, 0.15) is 5.56 Å². The van der Waals surface area contributed by atoms with E-state index >= 15 is 0 Å². The molecule has 18 heavy (non-hydrogen) atoms. The van der Waals surface area contributed by atoms with Crippen LogP contribution < -0.4 is 9.74 Å². The third-order valence-electron chi connectivity index (χ3n) is 2.36. The molecule has 0 N–H and O–H groups in total. The van der Waals surface area contributed by atoms with Crippen molar-refractivity contribution in [2.24, 2.45) is 0 Å². The van der Waals surface area contributed by atoms with Gasteiger partial charge in [-0.2, -0.15) is 0 Å². The molecule has 5 nitrogen and oxygen atoms in total. The number of benzene rings is 1. The lowest BCUT2D eigenvalue weighted by Crippen LogP contribution is -2.34. The second kappa shape index (κ2) is 5.38. The minimum absolute atomic E-state index is 0.486. The van der Waals surface area contributed by atoms with Gasteiger partial charge in [-0.15, -0.1) is 5.10 Å². The topological polar surface area (TPSA) is 47.4 Å². The normalized spacial score (nSPS) is 10.2. The first kappa shape index (κ1) is 12.9. The molecule has 2 rings (SSSR count). The number of nitrogens with zero attached hydrogens (tertiary/aromatic N) is 3. The highest BCUT2D eigenvalue weighted by Crippen LogP contribution is 2.14. The number of hydrogen-bond acceptors (Lipinski definition) is 3. The Morgan fingerprint density at radius 1 is 1.50 bits per heavy atom. The number of anilines is 1. The molecular formula is C12H12IN3O2. The van der Waals surface area contributed by atoms with Crippen molar-refractivity contribution in [1.29, 1.82) is 0 Å². The summed E-state index contributed by atoms with van der Waals surface area (Å²) in [6.07, 6.45) is 2.75. The van der Waals surface area contributed by atoms with Crippen molar-refractivity contribution in [2.45, 2.75) is 6.92 Å². The van der Waals surface area contributed by atoms with Gasteiger partial charge in [0.25, 0.3) is 0 Å². The molecule has 0 atom stereocenters. The first-order valence-electron chi connectivity index (χ1n) is 5.29. The minimum Gasteiger partial charge on any atom is -0.299 e. The molecular weight excluding hydrogens is 345 g/mol. The molecule has 6 heteroatoms. The highest BCUT2D eigenvalue weighted by Gasteiger charge is 2.14. The standard InChI is InChI=1S/C12H12IN3O2/c1-9-4-3-5-11(6-9)15(2)12(17)18-16-8-10(13)7-14-16/h3-8H,1-2H3. The van der Waals surface area contributed by atoms with E-state index in [4.69, 9.17) is 4.84 Å². The Labute approximate surface area is 118 Å². The largest absolute Gasteiger partial charge is 0.440 e. The minimum atomic E-state index is -0.486. The van der Waals surface area contributed by atoms with Gasteiger partial charge in [-0.05, 0) is 47.2 Å². The van der Waals surface area contributed by atoms with Gasteiger partial charge in [0.15, 0.2) is 0 Å². The van der Waals surface area contributed by atoms with Gasteiger partial charge in [-0.3, -0.25) is 9.74 Å². The number of carbonyl (C=O) groups excluding carboxylic acids is 1. The number of halogens is 1. The second-order valence-corrected chi connectivity index (χ2v) is 5.06. The van der Waals surface area contributed by atoms with Gasteiger partial charge in [-0.25, -0.2) is 4.79 Å². The van der Waals surface area contributed by atoms with Crippen molar-refractivity contribution in [3.05, 3.63) is 45.8 Å². The fraction of sp³-hybridized carbons (Fsp3) is 0.167. The first-order valence-corrected chi connectivity index (χ1v) is 6.37. The van der Waals surface area contributed by atoms with E-state index in [2.05, 4.69) is 27.7 Å². The third kappa shape index (κ3) is 3.00. The average molecular weight is 357 g/mol. The number of hydrogen-bond donors (Lipinski definition) is 0. The molecule has 0 spiro atoms. The Morgan fingerprint density at radius 3 is 2.89 bits per heavy atom. The Hall–Kier alpha value is -1.57. The van der Waals surface area contributed by atoms with Crippen LogP contribution in [0.5, 0.6) is 0 Å². The molecule has 0 unspecified atom stereocenters. The highest BCUT2D eigenvalue weighted by molar-refractivity contribution is 14.1. The molecule has 0 aliphatic heterocycles. The Balaban J connectivity index is 2.09. The van der Waals surface area contributed by atoms with Crippen molar-refractivity contribution in [3.63, 3.8) is 0 Å². The summed E-state index contributed by atoms with van der Waals surface area (Å²) >= 11 is 2.09. The quantitative estimate of drug-likeness (QED) is 0.776. The molecule has 1 aromatic carbocycles. The maximum Gasteiger partial charge on any atom is 0.440 e. The van der Waals surface area contributed by atoms with E-state index in [1.165, 1.54) is 4.90 Å². The summed E-state index contributed by atoms with van der Waals surface area (Å²) in [5.74, 6) is 0. The zero-order valence-corrected chi connectivity index (χ0v) is 12.2. The molecule has 2 aromatic rings. The Kier molecular flexibility index (Phi) is 3.85. The molecule has 0 radical (unpaired) electrons. The SMILES string of the molecule is Cc1cccc(N(C)C(=O)On2cc(I)cn2)c1. The van der Waals surface area contributed by atoms with Crippen LogP contribution in [-0.4, -0.2) is 23.1 Å². The molecule has 0 aliphatic rings. The molecule has 0 saturated carbocycles. The fourth-order valence-electron chi connectivity index (χ4n) is 1.42. The number of rotatable bonds is 2. The zero-order valence-electron chi connectivity index (χ0n) is 10.0. The molecule has 1 heterocycles. The summed E-state index contributed by atoms with van der Waals surface area (Å²) in [7, 11) is 1.66. The maximum atomic E-state index is 11.9. The van der Waals surface area contributed by atoms with E-state index < -0.39 is 6.09 Å². The molecule has 1 aromatic heterocycles. The Bertz CT molecular complexity index is 568. The van der Waals surface area contributed by atoms with Crippen LogP contribution in [0.3, 0.4) is 0 Å². The molecule has 0 bridgehead atoms. The fourth-order valence-corrected chi connectivity index (χ4v) is 1.78. The summed E-state index contributed by atoms with van der Waals surface area (Å²) in [6.45, 7) is 1.97. The van der Waals surface area contributed by atoms with Crippen LogP contribution in [0.2, 0.25) is 0 Å². The summed E-state index contributed by atoms with van der Waals surface area (Å²) in [5.41, 5.74) is 1.86. The van der Waals surface area contributed by atoms with Crippen LogP contribution in [0.15, 0.2) is 36.7 Å². The summed E-state index contributed by atoms with van der Waals surface area (Å²) in [6, 6.07) is 7.62. The van der Waals surface area contributed by atoms with Gasteiger partial charge in [-0.1, -0.05) is 17.0 Å². The van der Waals surface area contributed by atoms with Crippen LogP contribution in [0, 0.1) is 10.5 Å². The van der Waals surface area contributed by atoms with E-state index in [1.807, 2.05) is 31.2 Å². The molecule has 94 valence electrons. The van der Waals surface area contributed by atoms with E-state index in [9.17, 15) is 4.79 Å². The van der Waals surface area contributed by atoms with E-state index in [1.54, 1.807) is 19.4 Å². The van der Waals surface area contributed by atoms with Gasteiger partial charge in [0.05, 0.1) is 16.0 Å². The van der Waals surface area contributed by atoms with E-state index in [-0.39, 0.29) is 0 Å². The Morgan fingerprint density at radius 2 is 2.28 bits per heavy atom. The first-order chi connectivity index (χ1) is 8.56. The van der Waals surface area contributed by atoms with E-state index in [0.29, 0.717) is 0 Å². The van der Waals surface area contributed by atoms with Gasteiger partial charge in [0.1, 0.15) is 0 Å². The van der Waals surface area contributed by atoms with Crippen molar-refractivity contribution >= 4 is 34.4 Å². The average Bonchev–Trinajstić information content (AvgIpc) is 2.73. The van der Waals surface area contributed by atoms with Crippen LogP contribution in [0.25, 0.3) is 0 Å². The molecule has 1 amide bonds. The smallest absolute Gasteiger partial charge is 0.299 e. The van der Waals surface area contributed by atoms with Gasteiger partial charge in [0, 0.05) is 12.7 Å². The van der Waals surface area contributed by atoms with Gasteiger partial charge in [0.2, 0.25) is 0 Å². The summed E-state index contributed by atoms with van der Waals surface area (Å²) in [5, 5.41) is 3.89. The van der Waals surface area contributed by atoms with Crippen molar-refractivity contribution in [3.8, 4) is 0 Å². The molecule has 0 aliphatic carbocycles. The van der Waals surface area contributed by atoms with Crippen molar-refractivity contribution in [1.82, 2.24) is 9.94 Å². The summed E-state index contributed by atoms with van der Waals surface area (Å²) in [4.78, 5) is 19.5. The van der Waals surface area contributed by atoms with Crippen LogP contribution in [0.4, 0.5) is 10.5 Å². The highest BCUT2D eigenvalue weighted by atomic mass is 127. The predicted octanol–water partition coefficient (Wildman–Crippen LogP) is 2.48. The van der Waals surface area contributed by atoms with Gasteiger partial charge < -0.3 is 0 Å². The summed E-state index contributed by atoms with van der Waals surface area (Å²) < 4.78 is 0.901. The monoisotopic (exact) mass is 357 g/mol.